The molecule has 1 saturated heterocycles. The van der Waals surface area contributed by atoms with E-state index in [0.29, 0.717) is 4.90 Å². The van der Waals surface area contributed by atoms with Gasteiger partial charge in [0.15, 0.2) is 11.5 Å². The van der Waals surface area contributed by atoms with Gasteiger partial charge in [0, 0.05) is 6.07 Å². The van der Waals surface area contributed by atoms with Crippen molar-refractivity contribution in [2.75, 3.05) is 11.5 Å². The van der Waals surface area contributed by atoms with E-state index < -0.39 is 44.6 Å². The predicted molar refractivity (Wildman–Crippen MR) is 148 cm³/mol. The van der Waals surface area contributed by atoms with Gasteiger partial charge in [0.1, 0.15) is 5.57 Å². The van der Waals surface area contributed by atoms with Crippen LogP contribution in [0, 0.1) is 20.2 Å². The molecule has 0 unspecified atom stereocenters. The summed E-state index contributed by atoms with van der Waals surface area (Å²) in [7, 11) is 0. The Bertz CT molecular complexity index is 1680. The van der Waals surface area contributed by atoms with Crippen molar-refractivity contribution >= 4 is 75.8 Å². The van der Waals surface area contributed by atoms with Crippen molar-refractivity contribution in [1.82, 2.24) is 5.32 Å². The number of benzene rings is 3. The number of carbonyl (C=O) groups is 3. The van der Waals surface area contributed by atoms with Crippen molar-refractivity contribution in [3.05, 3.63) is 95.0 Å². The minimum Gasteiger partial charge on any atom is -0.490 e. The van der Waals surface area contributed by atoms with Crippen molar-refractivity contribution in [2.24, 2.45) is 0 Å². The molecule has 1 fully saturated rings. The molecule has 3 aromatic carbocycles. The molecule has 16 heteroatoms. The lowest BCUT2D eigenvalue weighted by atomic mass is 10.1. The Balaban J connectivity index is 1.74. The molecule has 1 aliphatic rings. The summed E-state index contributed by atoms with van der Waals surface area (Å²) < 4.78 is 11.2. The van der Waals surface area contributed by atoms with Gasteiger partial charge in [-0.25, -0.2) is 9.69 Å². The highest BCUT2D eigenvalue weighted by Crippen LogP contribution is 2.43. The molecular formula is C25H15Cl3N4O9. The molecule has 0 aromatic heterocycles. The van der Waals surface area contributed by atoms with Crippen LogP contribution >= 0.6 is 34.8 Å². The van der Waals surface area contributed by atoms with Gasteiger partial charge in [0.25, 0.3) is 17.5 Å². The van der Waals surface area contributed by atoms with E-state index >= 15 is 0 Å². The Morgan fingerprint density at radius 3 is 2.27 bits per heavy atom. The number of urea groups is 1. The molecule has 210 valence electrons. The number of barbiturate groups is 1. The number of rotatable bonds is 8. The molecule has 0 spiro atoms. The SMILES string of the molecule is CCOc1cc(/C=C2\C(=O)NC(=O)N(c3ccc(Cl)c(Cl)c3)C2=O)cc(Cl)c1Oc1ccc([N+](=O)[O-])cc1[N+](=O)[O-]. The highest BCUT2D eigenvalue weighted by Gasteiger charge is 2.37. The molecule has 1 N–H and O–H groups in total. The van der Waals surface area contributed by atoms with Crippen molar-refractivity contribution in [1.29, 1.82) is 0 Å². The number of hydrogen-bond donors (Lipinski definition) is 1. The summed E-state index contributed by atoms with van der Waals surface area (Å²) in [6, 6.07) is 8.44. The number of amides is 4. The van der Waals surface area contributed by atoms with E-state index in [9.17, 15) is 34.6 Å². The lowest BCUT2D eigenvalue weighted by molar-refractivity contribution is -0.394. The molecule has 0 radical (unpaired) electrons. The van der Waals surface area contributed by atoms with Crippen LogP contribution in [-0.2, 0) is 9.59 Å². The zero-order valence-electron chi connectivity index (χ0n) is 20.6. The second-order valence-corrected chi connectivity index (χ2v) is 9.31. The van der Waals surface area contributed by atoms with E-state index in [1.54, 1.807) is 6.92 Å². The Hall–Kier alpha value is -4.72. The van der Waals surface area contributed by atoms with Crippen molar-refractivity contribution in [2.45, 2.75) is 6.92 Å². The van der Waals surface area contributed by atoms with Crippen LogP contribution in [0.25, 0.3) is 6.08 Å². The Morgan fingerprint density at radius 2 is 1.63 bits per heavy atom. The number of nitro benzene ring substituents is 2. The van der Waals surface area contributed by atoms with Gasteiger partial charge in [-0.2, -0.15) is 0 Å². The molecule has 1 heterocycles. The fourth-order valence-corrected chi connectivity index (χ4v) is 4.22. The van der Waals surface area contributed by atoms with Crippen LogP contribution in [0.5, 0.6) is 17.2 Å². The third-order valence-electron chi connectivity index (χ3n) is 5.47. The van der Waals surface area contributed by atoms with Crippen LogP contribution in [0.3, 0.4) is 0 Å². The lowest BCUT2D eigenvalue weighted by Crippen LogP contribution is -2.54. The van der Waals surface area contributed by atoms with E-state index in [-0.39, 0.29) is 50.2 Å². The van der Waals surface area contributed by atoms with E-state index in [0.717, 1.165) is 24.3 Å². The fraction of sp³-hybridized carbons (Fsp3) is 0.0800. The third-order valence-corrected chi connectivity index (χ3v) is 6.49. The van der Waals surface area contributed by atoms with Gasteiger partial charge >= 0.3 is 11.7 Å². The van der Waals surface area contributed by atoms with E-state index in [1.165, 1.54) is 30.3 Å². The highest BCUT2D eigenvalue weighted by molar-refractivity contribution is 6.43. The average molecular weight is 622 g/mol. The van der Waals surface area contributed by atoms with Crippen LogP contribution in [0.4, 0.5) is 21.9 Å². The second kappa shape index (κ2) is 11.8. The Morgan fingerprint density at radius 1 is 0.902 bits per heavy atom. The molecule has 0 bridgehead atoms. The van der Waals surface area contributed by atoms with Gasteiger partial charge in [-0.15, -0.1) is 0 Å². The molecular weight excluding hydrogens is 607 g/mol. The smallest absolute Gasteiger partial charge is 0.335 e. The summed E-state index contributed by atoms with van der Waals surface area (Å²) in [5.41, 5.74) is -1.42. The van der Waals surface area contributed by atoms with Crippen LogP contribution in [0.15, 0.2) is 54.1 Å². The maximum Gasteiger partial charge on any atom is 0.335 e. The largest absolute Gasteiger partial charge is 0.490 e. The number of carbonyl (C=O) groups excluding carboxylic acids is 3. The van der Waals surface area contributed by atoms with Gasteiger partial charge in [-0.1, -0.05) is 34.8 Å². The number of nitrogens with one attached hydrogen (secondary N) is 1. The second-order valence-electron chi connectivity index (χ2n) is 8.09. The van der Waals surface area contributed by atoms with E-state index in [2.05, 4.69) is 5.32 Å². The summed E-state index contributed by atoms with van der Waals surface area (Å²) in [5.74, 6) is -2.49. The average Bonchev–Trinajstić information content (AvgIpc) is 2.90. The number of nitro groups is 2. The van der Waals surface area contributed by atoms with Gasteiger partial charge in [0.05, 0.1) is 43.3 Å². The monoisotopic (exact) mass is 620 g/mol. The summed E-state index contributed by atoms with van der Waals surface area (Å²) in [4.78, 5) is 59.9. The minimum atomic E-state index is -1.00. The van der Waals surface area contributed by atoms with Crippen molar-refractivity contribution in [3.63, 3.8) is 0 Å². The molecule has 3 aromatic rings. The first-order chi connectivity index (χ1) is 19.4. The van der Waals surface area contributed by atoms with Crippen molar-refractivity contribution in [3.8, 4) is 17.2 Å². The number of ether oxygens (including phenoxy) is 2. The normalized spacial score (nSPS) is 14.2. The van der Waals surface area contributed by atoms with Crippen molar-refractivity contribution < 1.29 is 33.7 Å². The molecule has 13 nitrogen and oxygen atoms in total. The lowest BCUT2D eigenvalue weighted by Gasteiger charge is -2.26. The van der Waals surface area contributed by atoms with Gasteiger partial charge in [-0.05, 0) is 55.0 Å². The predicted octanol–water partition coefficient (Wildman–Crippen LogP) is 6.32. The van der Waals surface area contributed by atoms with E-state index in [4.69, 9.17) is 44.3 Å². The standard InChI is InChI=1S/C25H15Cl3N4O9/c1-2-40-21-9-12(8-18(28)22(21)41-20-6-4-14(31(36)37)11-19(20)32(38)39)7-15-23(33)29-25(35)30(24(15)34)13-3-5-16(26)17(27)10-13/h3-11H,2H2,1H3,(H,29,33,35)/b15-7+. The Labute approximate surface area is 245 Å². The van der Waals surface area contributed by atoms with Crippen LogP contribution in [-0.4, -0.2) is 34.3 Å². The minimum absolute atomic E-state index is 0.0272. The highest BCUT2D eigenvalue weighted by atomic mass is 35.5. The maximum atomic E-state index is 13.2. The van der Waals surface area contributed by atoms with Crippen LogP contribution in [0.1, 0.15) is 12.5 Å². The topological polar surface area (TPSA) is 171 Å². The summed E-state index contributed by atoms with van der Waals surface area (Å²) in [5, 5.41) is 24.8. The first-order valence-corrected chi connectivity index (χ1v) is 12.5. The molecule has 0 atom stereocenters. The number of anilines is 1. The number of halogens is 3. The Kier molecular flexibility index (Phi) is 8.42. The number of hydrogen-bond acceptors (Lipinski definition) is 9. The van der Waals surface area contributed by atoms with Gasteiger partial charge in [-0.3, -0.25) is 35.1 Å². The van der Waals surface area contributed by atoms with Crippen LogP contribution in [0.2, 0.25) is 15.1 Å². The first kappa shape index (κ1) is 29.3. The maximum absolute atomic E-state index is 13.2. The zero-order valence-corrected chi connectivity index (χ0v) is 22.8. The third kappa shape index (κ3) is 6.06. The number of imide groups is 2. The molecule has 1 aliphatic heterocycles. The zero-order chi connectivity index (χ0) is 30.0. The summed E-state index contributed by atoms with van der Waals surface area (Å²) >= 11 is 18.4. The van der Waals surface area contributed by atoms with Gasteiger partial charge in [0.2, 0.25) is 5.75 Å². The molecule has 41 heavy (non-hydrogen) atoms. The molecule has 4 rings (SSSR count). The van der Waals surface area contributed by atoms with Gasteiger partial charge < -0.3 is 9.47 Å². The van der Waals surface area contributed by atoms with E-state index in [1.807, 2.05) is 0 Å². The quantitative estimate of drug-likeness (QED) is 0.131. The summed E-state index contributed by atoms with van der Waals surface area (Å²) in [6.07, 6.45) is 1.15. The van der Waals surface area contributed by atoms with Crippen LogP contribution < -0.4 is 19.7 Å². The fourth-order valence-electron chi connectivity index (χ4n) is 3.67. The molecule has 0 aliphatic carbocycles. The summed E-state index contributed by atoms with van der Waals surface area (Å²) in [6.45, 7) is 1.73. The molecule has 0 saturated carbocycles. The number of non-ortho nitro benzene ring substituents is 1. The first-order valence-electron chi connectivity index (χ1n) is 11.3. The molecule has 4 amide bonds. The number of nitrogens with zero attached hydrogens (tertiary/aromatic N) is 3.